The fourth-order valence-electron chi connectivity index (χ4n) is 3.04. The number of rotatable bonds is 9. The predicted molar refractivity (Wildman–Crippen MR) is 83.9 cm³/mol. The van der Waals surface area contributed by atoms with Crippen LogP contribution in [0.25, 0.3) is 0 Å². The van der Waals surface area contributed by atoms with Gasteiger partial charge in [0.15, 0.2) is 0 Å². The Balaban J connectivity index is 2.30. The zero-order chi connectivity index (χ0) is 15.0. The second kappa shape index (κ2) is 9.87. The summed E-state index contributed by atoms with van der Waals surface area (Å²) >= 11 is 0. The molecule has 0 bridgehead atoms. The van der Waals surface area contributed by atoms with Gasteiger partial charge in [0.2, 0.25) is 0 Å². The number of hydrogen-bond donors (Lipinski definition) is 0. The van der Waals surface area contributed by atoms with Crippen molar-refractivity contribution in [3.63, 3.8) is 0 Å². The highest BCUT2D eigenvalue weighted by Crippen LogP contribution is 2.40. The first kappa shape index (κ1) is 18.1. The summed E-state index contributed by atoms with van der Waals surface area (Å²) in [4.78, 5) is 0. The largest absolute Gasteiger partial charge is 0.697 e. The molecule has 1 aliphatic rings. The molecule has 4 atom stereocenters. The highest BCUT2D eigenvalue weighted by Gasteiger charge is 2.38. The maximum absolute atomic E-state index is 11.9. The maximum atomic E-state index is 11.9. The summed E-state index contributed by atoms with van der Waals surface area (Å²) in [5.74, 6) is 1.78. The minimum atomic E-state index is -1.94. The molecule has 4 heteroatoms. The molecular weight excluding hydrogens is 271 g/mol. The van der Waals surface area contributed by atoms with Crippen LogP contribution in [0.4, 0.5) is 0 Å². The van der Waals surface area contributed by atoms with Crippen molar-refractivity contribution in [2.24, 2.45) is 17.8 Å². The van der Waals surface area contributed by atoms with E-state index in [1.165, 1.54) is 25.7 Å². The van der Waals surface area contributed by atoms with Crippen LogP contribution in [0.15, 0.2) is 0 Å². The van der Waals surface area contributed by atoms with Gasteiger partial charge < -0.3 is 0 Å². The van der Waals surface area contributed by atoms with Crippen LogP contribution in [0.1, 0.15) is 72.6 Å². The molecule has 0 heterocycles. The molecule has 0 saturated heterocycles. The Hall–Kier alpha value is 0.0200. The molecule has 0 aromatic heterocycles. The van der Waals surface area contributed by atoms with Crippen molar-refractivity contribution in [2.75, 3.05) is 6.61 Å². The fourth-order valence-corrected chi connectivity index (χ4v) is 3.85. The minimum Gasteiger partial charge on any atom is -0.119 e. The van der Waals surface area contributed by atoms with Crippen LogP contribution in [0.5, 0.6) is 0 Å². The van der Waals surface area contributed by atoms with Crippen molar-refractivity contribution in [3.05, 3.63) is 0 Å². The minimum absolute atomic E-state index is 0.109. The van der Waals surface area contributed by atoms with Crippen molar-refractivity contribution in [3.8, 4) is 0 Å². The lowest BCUT2D eigenvalue weighted by Gasteiger charge is -2.33. The molecule has 3 nitrogen and oxygen atoms in total. The third kappa shape index (κ3) is 6.65. The molecule has 1 rings (SSSR count). The summed E-state index contributed by atoms with van der Waals surface area (Å²) in [6, 6.07) is 0. The highest BCUT2D eigenvalue weighted by atomic mass is 31.1. The molecule has 0 aromatic rings. The molecule has 0 aromatic carbocycles. The van der Waals surface area contributed by atoms with Gasteiger partial charge in [-0.05, 0) is 37.0 Å². The fraction of sp³-hybridized carbons (Fsp3) is 1.00. The molecule has 0 spiro atoms. The first-order valence-electron chi connectivity index (χ1n) is 8.31. The summed E-state index contributed by atoms with van der Waals surface area (Å²) in [5, 5.41) is 0. The lowest BCUT2D eigenvalue weighted by Crippen LogP contribution is -2.32. The van der Waals surface area contributed by atoms with E-state index in [0.717, 1.165) is 19.3 Å². The van der Waals surface area contributed by atoms with Crippen LogP contribution < -0.4 is 0 Å². The monoisotopic (exact) mass is 303 g/mol. The smallest absolute Gasteiger partial charge is 0.119 e. The zero-order valence-electron chi connectivity index (χ0n) is 13.6. The molecular formula is C16H32O3P+. The van der Waals surface area contributed by atoms with Gasteiger partial charge in [-0.3, -0.25) is 0 Å². The maximum Gasteiger partial charge on any atom is 0.697 e. The van der Waals surface area contributed by atoms with Gasteiger partial charge >= 0.3 is 8.25 Å². The molecule has 1 saturated carbocycles. The first-order chi connectivity index (χ1) is 9.54. The van der Waals surface area contributed by atoms with E-state index in [2.05, 4.69) is 27.7 Å². The summed E-state index contributed by atoms with van der Waals surface area (Å²) in [6.07, 6.45) is 8.12. The van der Waals surface area contributed by atoms with Crippen molar-refractivity contribution in [1.29, 1.82) is 0 Å². The lowest BCUT2D eigenvalue weighted by atomic mass is 9.75. The zero-order valence-corrected chi connectivity index (χ0v) is 14.5. The van der Waals surface area contributed by atoms with Crippen LogP contribution in [0, 0.1) is 17.8 Å². The van der Waals surface area contributed by atoms with Gasteiger partial charge in [0, 0.05) is 4.57 Å². The molecule has 1 fully saturated rings. The molecule has 20 heavy (non-hydrogen) atoms. The third-order valence-electron chi connectivity index (χ3n) is 4.38. The molecule has 118 valence electrons. The Morgan fingerprint density at radius 2 is 1.95 bits per heavy atom. The van der Waals surface area contributed by atoms with Gasteiger partial charge in [-0.2, -0.15) is 0 Å². The van der Waals surface area contributed by atoms with Crippen molar-refractivity contribution < 1.29 is 13.6 Å². The quantitative estimate of drug-likeness (QED) is 0.404. The molecule has 0 N–H and O–H groups in total. The Morgan fingerprint density at radius 1 is 1.20 bits per heavy atom. The van der Waals surface area contributed by atoms with Gasteiger partial charge in [0.1, 0.15) is 12.7 Å². The highest BCUT2D eigenvalue weighted by molar-refractivity contribution is 7.33. The van der Waals surface area contributed by atoms with Crippen LogP contribution in [-0.2, 0) is 13.6 Å². The van der Waals surface area contributed by atoms with Gasteiger partial charge in [-0.1, -0.05) is 53.4 Å². The average Bonchev–Trinajstić information content (AvgIpc) is 2.38. The van der Waals surface area contributed by atoms with E-state index in [0.29, 0.717) is 24.4 Å². The summed E-state index contributed by atoms with van der Waals surface area (Å²) < 4.78 is 23.0. The van der Waals surface area contributed by atoms with E-state index in [1.54, 1.807) is 0 Å². The normalized spacial score (nSPS) is 27.9. The van der Waals surface area contributed by atoms with E-state index in [1.807, 2.05) is 0 Å². The van der Waals surface area contributed by atoms with Crippen LogP contribution in [-0.4, -0.2) is 12.7 Å². The standard InChI is InChI=1S/C16H32O3P/c1-5-6-7-8-11-18-20(17)19-16-12-14(4)9-10-15(16)13(2)3/h13-16H,5-12H2,1-4H3/q+1/t14-,15?,16?/m1/s1. The average molecular weight is 303 g/mol. The summed E-state index contributed by atoms with van der Waals surface area (Å²) in [7, 11) is -1.94. The summed E-state index contributed by atoms with van der Waals surface area (Å²) in [5.41, 5.74) is 0. The predicted octanol–water partition coefficient (Wildman–Crippen LogP) is 5.72. The van der Waals surface area contributed by atoms with E-state index < -0.39 is 8.25 Å². The Morgan fingerprint density at radius 3 is 2.60 bits per heavy atom. The van der Waals surface area contributed by atoms with Gasteiger partial charge in [0.05, 0.1) is 0 Å². The van der Waals surface area contributed by atoms with Crippen molar-refractivity contribution >= 4 is 8.25 Å². The molecule has 0 amide bonds. The topological polar surface area (TPSA) is 35.5 Å². The van der Waals surface area contributed by atoms with Crippen LogP contribution in [0.3, 0.4) is 0 Å². The molecule has 0 radical (unpaired) electrons. The van der Waals surface area contributed by atoms with Crippen LogP contribution >= 0.6 is 8.25 Å². The van der Waals surface area contributed by atoms with Gasteiger partial charge in [-0.15, -0.1) is 9.05 Å². The van der Waals surface area contributed by atoms with Crippen LogP contribution in [0.2, 0.25) is 0 Å². The Labute approximate surface area is 125 Å². The second-order valence-electron chi connectivity index (χ2n) is 6.59. The van der Waals surface area contributed by atoms with Gasteiger partial charge in [-0.25, -0.2) is 0 Å². The van der Waals surface area contributed by atoms with Gasteiger partial charge in [0.25, 0.3) is 0 Å². The first-order valence-corrected chi connectivity index (χ1v) is 9.41. The van der Waals surface area contributed by atoms with E-state index in [9.17, 15) is 4.57 Å². The van der Waals surface area contributed by atoms with Crippen molar-refractivity contribution in [2.45, 2.75) is 78.7 Å². The number of hydrogen-bond acceptors (Lipinski definition) is 3. The molecule has 1 aliphatic carbocycles. The number of unbranched alkanes of at least 4 members (excludes halogenated alkanes) is 3. The van der Waals surface area contributed by atoms with Crippen molar-refractivity contribution in [1.82, 2.24) is 0 Å². The second-order valence-corrected chi connectivity index (χ2v) is 7.50. The SMILES string of the molecule is CCCCCCO[P+](=O)OC1C[C@H](C)CCC1C(C)C. The van der Waals surface area contributed by atoms with E-state index in [4.69, 9.17) is 9.05 Å². The third-order valence-corrected chi connectivity index (χ3v) is 5.21. The Kier molecular flexibility index (Phi) is 8.91. The lowest BCUT2D eigenvalue weighted by molar-refractivity contribution is 0.0382. The summed E-state index contributed by atoms with van der Waals surface area (Å²) in [6.45, 7) is 9.46. The molecule has 0 aliphatic heterocycles. The Bertz CT molecular complexity index is 281. The van der Waals surface area contributed by atoms with E-state index >= 15 is 0 Å². The molecule has 3 unspecified atom stereocenters. The van der Waals surface area contributed by atoms with E-state index in [-0.39, 0.29) is 6.10 Å².